The van der Waals surface area contributed by atoms with Crippen molar-refractivity contribution >= 4 is 17.6 Å². The van der Waals surface area contributed by atoms with Crippen molar-refractivity contribution in [3.8, 4) is 0 Å². The number of carbonyl (C=O) groups is 1. The highest BCUT2D eigenvalue weighted by atomic mass is 35.5. The van der Waals surface area contributed by atoms with E-state index in [0.717, 1.165) is 50.6 Å². The molecule has 0 radical (unpaired) electrons. The zero-order chi connectivity index (χ0) is 25.6. The maximum atomic E-state index is 13.1. The third kappa shape index (κ3) is 4.89. The number of hydrogen-bond acceptors (Lipinski definition) is 4. The maximum Gasteiger partial charge on any atom is 0.310 e. The van der Waals surface area contributed by atoms with Crippen molar-refractivity contribution in [2.24, 2.45) is 17.3 Å². The first-order valence-corrected chi connectivity index (χ1v) is 14.5. The van der Waals surface area contributed by atoms with E-state index < -0.39 is 0 Å². The zero-order valence-electron chi connectivity index (χ0n) is 22.2. The van der Waals surface area contributed by atoms with Crippen LogP contribution in [0.3, 0.4) is 0 Å². The second-order valence-corrected chi connectivity index (χ2v) is 12.5. The summed E-state index contributed by atoms with van der Waals surface area (Å²) in [6.07, 6.45) is 5.90. The Morgan fingerprint density at radius 1 is 1.03 bits per heavy atom. The second kappa shape index (κ2) is 10.2. The van der Waals surface area contributed by atoms with Gasteiger partial charge in [0.25, 0.3) is 0 Å². The van der Waals surface area contributed by atoms with E-state index in [1.165, 1.54) is 30.4 Å². The van der Waals surface area contributed by atoms with Crippen molar-refractivity contribution in [1.29, 1.82) is 0 Å². The topological polar surface area (TPSA) is 32.8 Å². The Kier molecular flexibility index (Phi) is 6.94. The average Bonchev–Trinajstić information content (AvgIpc) is 3.19. The molecule has 2 saturated heterocycles. The Morgan fingerprint density at radius 2 is 1.73 bits per heavy atom. The molecule has 2 heterocycles. The first-order chi connectivity index (χ1) is 17.9. The minimum atomic E-state index is 0.00418. The molecular formula is C32H39ClN2O2. The number of nitrogens with zero attached hydrogens (tertiary/aromatic N) is 2. The molecule has 2 aromatic carbocycles. The molecule has 2 aliphatic heterocycles. The summed E-state index contributed by atoms with van der Waals surface area (Å²) in [5.74, 6) is 0.388. The predicted octanol–water partition coefficient (Wildman–Crippen LogP) is 6.51. The molecule has 5 heteroatoms. The third-order valence-electron chi connectivity index (χ3n) is 9.71. The molecule has 4 aliphatic rings. The summed E-state index contributed by atoms with van der Waals surface area (Å²) < 4.78 is 6.04. The third-order valence-corrected chi connectivity index (χ3v) is 9.96. The minimum absolute atomic E-state index is 0.00418. The highest BCUT2D eigenvalue weighted by molar-refractivity contribution is 6.30. The lowest BCUT2D eigenvalue weighted by Crippen LogP contribution is -2.50. The van der Waals surface area contributed by atoms with E-state index in [1.54, 1.807) is 11.1 Å². The molecule has 0 bridgehead atoms. The molecule has 1 saturated carbocycles. The number of benzene rings is 2. The van der Waals surface area contributed by atoms with Crippen LogP contribution >= 0.6 is 11.6 Å². The lowest BCUT2D eigenvalue weighted by molar-refractivity contribution is -0.145. The van der Waals surface area contributed by atoms with E-state index >= 15 is 0 Å². The van der Waals surface area contributed by atoms with Crippen LogP contribution < -0.4 is 0 Å². The highest BCUT2D eigenvalue weighted by Crippen LogP contribution is 2.55. The summed E-state index contributed by atoms with van der Waals surface area (Å²) in [6, 6.07) is 19.3. The van der Waals surface area contributed by atoms with Gasteiger partial charge in [0, 0.05) is 43.7 Å². The van der Waals surface area contributed by atoms with E-state index in [-0.39, 0.29) is 29.4 Å². The van der Waals surface area contributed by atoms with Crippen LogP contribution in [0.15, 0.2) is 65.7 Å². The minimum Gasteiger partial charge on any atom is -0.462 e. The SMILES string of the molecule is CC1=C2C[C@H]3[C@@H](C[C@@]2(C)CCC1)OC(=O)[C@@H]3CN1CCN([C@H](c2ccccc2)c2ccc(Cl)cc2)CC1. The van der Waals surface area contributed by atoms with Gasteiger partial charge in [0.15, 0.2) is 0 Å². The predicted molar refractivity (Wildman–Crippen MR) is 149 cm³/mol. The molecule has 6 rings (SSSR count). The fraction of sp³-hybridized carbons (Fsp3) is 0.531. The fourth-order valence-corrected chi connectivity index (χ4v) is 7.82. The molecule has 0 unspecified atom stereocenters. The maximum absolute atomic E-state index is 13.1. The lowest BCUT2D eigenvalue weighted by Gasteiger charge is -2.46. The number of rotatable bonds is 5. The molecule has 0 spiro atoms. The van der Waals surface area contributed by atoms with Gasteiger partial charge < -0.3 is 4.74 Å². The molecule has 0 aromatic heterocycles. The smallest absolute Gasteiger partial charge is 0.310 e. The summed E-state index contributed by atoms with van der Waals surface area (Å²) in [7, 11) is 0. The van der Waals surface area contributed by atoms with Crippen LogP contribution in [0.25, 0.3) is 0 Å². The number of halogens is 1. The van der Waals surface area contributed by atoms with Crippen molar-refractivity contribution in [1.82, 2.24) is 9.80 Å². The number of hydrogen-bond donors (Lipinski definition) is 0. The Balaban J connectivity index is 1.14. The van der Waals surface area contributed by atoms with Crippen molar-refractivity contribution in [2.75, 3.05) is 32.7 Å². The fourth-order valence-electron chi connectivity index (χ4n) is 7.70. The van der Waals surface area contributed by atoms with Gasteiger partial charge in [0.2, 0.25) is 0 Å². The molecule has 3 fully saturated rings. The highest BCUT2D eigenvalue weighted by Gasteiger charge is 2.53. The molecule has 5 atom stereocenters. The number of ether oxygens (including phenoxy) is 1. The van der Waals surface area contributed by atoms with Gasteiger partial charge >= 0.3 is 5.97 Å². The summed E-state index contributed by atoms with van der Waals surface area (Å²) in [5, 5.41) is 0.768. The molecule has 4 nitrogen and oxygen atoms in total. The van der Waals surface area contributed by atoms with Gasteiger partial charge in [-0.15, -0.1) is 0 Å². The molecule has 196 valence electrons. The Labute approximate surface area is 226 Å². The number of allylic oxidation sites excluding steroid dienone is 2. The first kappa shape index (κ1) is 25.2. The number of fused-ring (bicyclic) bond motifs is 2. The van der Waals surface area contributed by atoms with Gasteiger partial charge in [0.05, 0.1) is 12.0 Å². The lowest BCUT2D eigenvalue weighted by atomic mass is 9.59. The number of carbonyl (C=O) groups excluding carboxylic acids is 1. The summed E-state index contributed by atoms with van der Waals surface area (Å²) >= 11 is 6.20. The Bertz CT molecular complexity index is 1160. The van der Waals surface area contributed by atoms with E-state index in [9.17, 15) is 4.79 Å². The van der Waals surface area contributed by atoms with Gasteiger partial charge in [-0.25, -0.2) is 0 Å². The van der Waals surface area contributed by atoms with Gasteiger partial charge in [-0.05, 0) is 67.7 Å². The van der Waals surface area contributed by atoms with Gasteiger partial charge in [-0.3, -0.25) is 14.6 Å². The van der Waals surface area contributed by atoms with Crippen molar-refractivity contribution in [3.63, 3.8) is 0 Å². The standard InChI is InChI=1S/C32H39ClN2O2/c1-22-7-6-14-32(2)20-29-26(19-28(22)32)27(31(36)37-29)21-34-15-17-35(18-16-34)30(23-8-4-3-5-9-23)24-10-12-25(33)13-11-24/h3-5,8-13,26-27,29-30H,6-7,14-21H2,1-2H3/t26-,27-,29-,30-,32-/m1/s1. The van der Waals surface area contributed by atoms with E-state index in [1.807, 2.05) is 12.1 Å². The van der Waals surface area contributed by atoms with E-state index in [2.05, 4.69) is 66.1 Å². The average molecular weight is 519 g/mol. The summed E-state index contributed by atoms with van der Waals surface area (Å²) in [6.45, 7) is 9.44. The van der Waals surface area contributed by atoms with Crippen LogP contribution in [0.2, 0.25) is 5.02 Å². The monoisotopic (exact) mass is 518 g/mol. The summed E-state index contributed by atoms with van der Waals surface area (Å²) in [4.78, 5) is 18.2. The molecular weight excluding hydrogens is 480 g/mol. The normalized spacial score (nSPS) is 31.5. The molecule has 37 heavy (non-hydrogen) atoms. The molecule has 0 N–H and O–H groups in total. The van der Waals surface area contributed by atoms with Crippen LogP contribution in [0, 0.1) is 17.3 Å². The van der Waals surface area contributed by atoms with E-state index in [0.29, 0.717) is 5.92 Å². The molecule has 2 aliphatic carbocycles. The Morgan fingerprint density at radius 3 is 2.46 bits per heavy atom. The van der Waals surface area contributed by atoms with Crippen molar-refractivity contribution in [3.05, 3.63) is 81.9 Å². The Hall–Kier alpha value is -2.14. The quantitative estimate of drug-likeness (QED) is 0.334. The largest absolute Gasteiger partial charge is 0.462 e. The van der Waals surface area contributed by atoms with Crippen LogP contribution in [0.4, 0.5) is 0 Å². The van der Waals surface area contributed by atoms with Crippen molar-refractivity contribution in [2.45, 2.75) is 58.1 Å². The van der Waals surface area contributed by atoms with Crippen LogP contribution in [0.5, 0.6) is 0 Å². The van der Waals surface area contributed by atoms with Crippen LogP contribution in [-0.2, 0) is 9.53 Å². The van der Waals surface area contributed by atoms with Gasteiger partial charge in [0.1, 0.15) is 6.10 Å². The number of esters is 1. The van der Waals surface area contributed by atoms with Crippen molar-refractivity contribution < 1.29 is 9.53 Å². The van der Waals surface area contributed by atoms with Gasteiger partial charge in [-0.1, -0.05) is 72.1 Å². The van der Waals surface area contributed by atoms with Crippen LogP contribution in [-0.4, -0.2) is 54.6 Å². The first-order valence-electron chi connectivity index (χ1n) is 14.1. The summed E-state index contributed by atoms with van der Waals surface area (Å²) in [5.41, 5.74) is 6.03. The molecule has 0 amide bonds. The second-order valence-electron chi connectivity index (χ2n) is 12.0. The van der Waals surface area contributed by atoms with E-state index in [4.69, 9.17) is 16.3 Å². The zero-order valence-corrected chi connectivity index (χ0v) is 22.9. The number of piperazine rings is 1. The molecule has 2 aromatic rings. The van der Waals surface area contributed by atoms with Crippen LogP contribution in [0.1, 0.15) is 63.1 Å². The van der Waals surface area contributed by atoms with Gasteiger partial charge in [-0.2, -0.15) is 0 Å².